The molecular weight excluding hydrogens is 365 g/mol. The molecule has 0 aromatic carbocycles. The Hall–Kier alpha value is -2.62. The van der Waals surface area contributed by atoms with Gasteiger partial charge in [-0.25, -0.2) is 9.67 Å². The fourth-order valence-electron chi connectivity index (χ4n) is 2.02. The zero-order valence-electron chi connectivity index (χ0n) is 12.5. The lowest BCUT2D eigenvalue weighted by atomic mass is 10.2. The fraction of sp³-hybridized carbons (Fsp3) is 0.286. The highest BCUT2D eigenvalue weighted by Crippen LogP contribution is 2.34. The molecule has 7 nitrogen and oxygen atoms in total. The maximum Gasteiger partial charge on any atom is 0.434 e. The number of carbonyl (C=O) groups is 2. The van der Waals surface area contributed by atoms with Crippen LogP contribution in [0.2, 0.25) is 5.02 Å². The van der Waals surface area contributed by atoms with Crippen molar-refractivity contribution in [2.24, 2.45) is 0 Å². The molecule has 0 spiro atoms. The number of amides is 1. The lowest BCUT2D eigenvalue weighted by molar-refractivity contribution is -0.143. The molecule has 0 saturated heterocycles. The zero-order chi connectivity index (χ0) is 18.6. The summed E-state index contributed by atoms with van der Waals surface area (Å²) >= 11 is 5.85. The van der Waals surface area contributed by atoms with Crippen LogP contribution in [-0.4, -0.2) is 38.3 Å². The number of aromatic nitrogens is 3. The van der Waals surface area contributed by atoms with Crippen molar-refractivity contribution >= 4 is 23.5 Å². The van der Waals surface area contributed by atoms with Crippen LogP contribution in [0.3, 0.4) is 0 Å². The van der Waals surface area contributed by atoms with Gasteiger partial charge in [0.05, 0.1) is 16.8 Å². The van der Waals surface area contributed by atoms with Crippen molar-refractivity contribution < 1.29 is 27.9 Å². The highest BCUT2D eigenvalue weighted by atomic mass is 35.5. The van der Waals surface area contributed by atoms with Crippen molar-refractivity contribution in [2.45, 2.75) is 19.0 Å². The molecule has 2 heterocycles. The van der Waals surface area contributed by atoms with Crippen molar-refractivity contribution in [1.29, 1.82) is 0 Å². The van der Waals surface area contributed by atoms with E-state index >= 15 is 0 Å². The minimum atomic E-state index is -4.88. The Bertz CT molecular complexity index is 792. The van der Waals surface area contributed by atoms with Crippen molar-refractivity contribution in [2.75, 3.05) is 6.54 Å². The highest BCUT2D eigenvalue weighted by molar-refractivity contribution is 6.32. The lowest BCUT2D eigenvalue weighted by Crippen LogP contribution is -2.28. The summed E-state index contributed by atoms with van der Waals surface area (Å²) in [6.07, 6.45) is -3.00. The van der Waals surface area contributed by atoms with Gasteiger partial charge in [-0.3, -0.25) is 9.59 Å². The Labute approximate surface area is 144 Å². The van der Waals surface area contributed by atoms with Crippen LogP contribution >= 0.6 is 11.6 Å². The number of hydrogen-bond acceptors (Lipinski definition) is 4. The third kappa shape index (κ3) is 4.47. The Morgan fingerprint density at radius 1 is 1.36 bits per heavy atom. The highest BCUT2D eigenvalue weighted by Gasteiger charge is 2.41. The van der Waals surface area contributed by atoms with Gasteiger partial charge in [-0.05, 0) is 18.6 Å². The van der Waals surface area contributed by atoms with Crippen molar-refractivity contribution in [3.63, 3.8) is 0 Å². The van der Waals surface area contributed by atoms with Crippen LogP contribution in [0.15, 0.2) is 24.5 Å². The van der Waals surface area contributed by atoms with E-state index in [2.05, 4.69) is 15.4 Å². The predicted molar refractivity (Wildman–Crippen MR) is 80.6 cm³/mol. The fourth-order valence-corrected chi connectivity index (χ4v) is 2.22. The number of carbonyl (C=O) groups excluding carboxylic acids is 1. The molecule has 0 bridgehead atoms. The molecule has 1 amide bonds. The Morgan fingerprint density at radius 2 is 2.08 bits per heavy atom. The molecule has 0 atom stereocenters. The van der Waals surface area contributed by atoms with Crippen LogP contribution in [0.25, 0.3) is 5.82 Å². The van der Waals surface area contributed by atoms with Crippen LogP contribution < -0.4 is 5.32 Å². The molecule has 0 unspecified atom stereocenters. The first-order valence-electron chi connectivity index (χ1n) is 6.98. The van der Waals surface area contributed by atoms with E-state index < -0.39 is 29.3 Å². The number of aliphatic carboxylic acids is 1. The summed E-state index contributed by atoms with van der Waals surface area (Å²) in [6.45, 7) is -0.0854. The van der Waals surface area contributed by atoms with Gasteiger partial charge in [-0.1, -0.05) is 11.6 Å². The van der Waals surface area contributed by atoms with Crippen molar-refractivity contribution in [3.05, 3.63) is 40.8 Å². The van der Waals surface area contributed by atoms with Crippen molar-refractivity contribution in [3.8, 4) is 5.82 Å². The van der Waals surface area contributed by atoms with Gasteiger partial charge in [-0.2, -0.15) is 18.3 Å². The summed E-state index contributed by atoms with van der Waals surface area (Å²) in [5.41, 5.74) is -2.02. The molecule has 11 heteroatoms. The van der Waals surface area contributed by atoms with Crippen LogP contribution in [0, 0.1) is 0 Å². The quantitative estimate of drug-likeness (QED) is 0.755. The van der Waals surface area contributed by atoms with Gasteiger partial charge < -0.3 is 10.4 Å². The molecule has 0 fully saturated rings. The molecule has 0 aliphatic heterocycles. The van der Waals surface area contributed by atoms with E-state index in [0.717, 1.165) is 6.20 Å². The van der Waals surface area contributed by atoms with Crippen LogP contribution in [-0.2, 0) is 11.0 Å². The average molecular weight is 377 g/mol. The number of carboxylic acid groups (broad SMARTS) is 1. The molecular formula is C14H12ClF3N4O3. The van der Waals surface area contributed by atoms with Crippen LogP contribution in [0.4, 0.5) is 13.2 Å². The molecule has 2 aromatic heterocycles. The largest absolute Gasteiger partial charge is 0.481 e. The third-order valence-electron chi connectivity index (χ3n) is 3.08. The SMILES string of the molecule is O=C(O)CCCNC(=O)c1cnn(-c2ncccc2Cl)c1C(F)(F)F. The number of nitrogens with one attached hydrogen (secondary N) is 1. The van der Waals surface area contributed by atoms with Gasteiger partial charge >= 0.3 is 12.1 Å². The first-order chi connectivity index (χ1) is 11.7. The first-order valence-corrected chi connectivity index (χ1v) is 7.35. The standard InChI is InChI=1S/C14H12ClF3N4O3/c15-9-3-1-5-19-12(9)22-11(14(16,17)18)8(7-21-22)13(25)20-6-2-4-10(23)24/h1,3,5,7H,2,4,6H2,(H,20,25)(H,23,24). The molecule has 2 aromatic rings. The molecule has 0 aliphatic rings. The average Bonchev–Trinajstić information content (AvgIpc) is 2.96. The van der Waals surface area contributed by atoms with Gasteiger partial charge in [-0.15, -0.1) is 0 Å². The van der Waals surface area contributed by atoms with Gasteiger partial charge in [0.1, 0.15) is 0 Å². The molecule has 2 rings (SSSR count). The first kappa shape index (κ1) is 18.7. The van der Waals surface area contributed by atoms with E-state index in [1.54, 1.807) is 0 Å². The maximum absolute atomic E-state index is 13.4. The summed E-state index contributed by atoms with van der Waals surface area (Å²) in [4.78, 5) is 26.2. The van der Waals surface area contributed by atoms with E-state index in [0.29, 0.717) is 4.68 Å². The second-order valence-corrected chi connectivity index (χ2v) is 5.29. The minimum Gasteiger partial charge on any atom is -0.481 e. The lowest BCUT2D eigenvalue weighted by Gasteiger charge is -2.12. The van der Waals surface area contributed by atoms with E-state index in [9.17, 15) is 22.8 Å². The van der Waals surface area contributed by atoms with E-state index in [-0.39, 0.29) is 30.2 Å². The Balaban J connectivity index is 2.32. The predicted octanol–water partition coefficient (Wildman–Crippen LogP) is 2.53. The third-order valence-corrected chi connectivity index (χ3v) is 3.37. The monoisotopic (exact) mass is 376 g/mol. The minimum absolute atomic E-state index is 0.0653. The molecule has 0 saturated carbocycles. The van der Waals surface area contributed by atoms with Crippen molar-refractivity contribution in [1.82, 2.24) is 20.1 Å². The number of alkyl halides is 3. The summed E-state index contributed by atoms with van der Waals surface area (Å²) < 4.78 is 40.7. The summed E-state index contributed by atoms with van der Waals surface area (Å²) in [7, 11) is 0. The molecule has 2 N–H and O–H groups in total. The number of nitrogens with zero attached hydrogens (tertiary/aromatic N) is 3. The molecule has 25 heavy (non-hydrogen) atoms. The van der Waals surface area contributed by atoms with Crippen LogP contribution in [0.1, 0.15) is 28.9 Å². The smallest absolute Gasteiger partial charge is 0.434 e. The van der Waals surface area contributed by atoms with Gasteiger partial charge in [0.15, 0.2) is 11.5 Å². The summed E-state index contributed by atoms with van der Waals surface area (Å²) in [5.74, 6) is -2.35. The number of carboxylic acids is 1. The van der Waals surface area contributed by atoms with E-state index in [1.807, 2.05) is 0 Å². The van der Waals surface area contributed by atoms with E-state index in [1.165, 1.54) is 18.3 Å². The summed E-state index contributed by atoms with van der Waals surface area (Å²) in [5, 5.41) is 14.3. The zero-order valence-corrected chi connectivity index (χ0v) is 13.3. The molecule has 134 valence electrons. The number of halogens is 4. The number of pyridine rings is 1. The van der Waals surface area contributed by atoms with Gasteiger partial charge in [0.2, 0.25) is 0 Å². The molecule has 0 aliphatic carbocycles. The molecule has 0 radical (unpaired) electrons. The Kier molecular flexibility index (Phi) is 5.62. The van der Waals surface area contributed by atoms with Gasteiger partial charge in [0.25, 0.3) is 5.91 Å². The Morgan fingerprint density at radius 3 is 2.68 bits per heavy atom. The number of rotatable bonds is 6. The second kappa shape index (κ2) is 7.51. The number of hydrogen-bond donors (Lipinski definition) is 2. The van der Waals surface area contributed by atoms with Gasteiger partial charge in [0, 0.05) is 19.2 Å². The normalized spacial score (nSPS) is 11.4. The van der Waals surface area contributed by atoms with E-state index in [4.69, 9.17) is 16.7 Å². The maximum atomic E-state index is 13.4. The topological polar surface area (TPSA) is 97.1 Å². The summed E-state index contributed by atoms with van der Waals surface area (Å²) in [6, 6.07) is 2.79. The van der Waals surface area contributed by atoms with Crippen LogP contribution in [0.5, 0.6) is 0 Å². The second-order valence-electron chi connectivity index (χ2n) is 4.88.